The number of ether oxygens (including phenoxy) is 1. The summed E-state index contributed by atoms with van der Waals surface area (Å²) in [5, 5.41) is 6.32. The Kier molecular flexibility index (Phi) is 6.82. The first-order chi connectivity index (χ1) is 17.9. The number of allylic oxidation sites excluding steroid dienone is 1. The predicted molar refractivity (Wildman–Crippen MR) is 153 cm³/mol. The molecule has 4 nitrogen and oxygen atoms in total. The van der Waals surface area contributed by atoms with Gasteiger partial charge in [-0.3, -0.25) is 4.79 Å². The number of amides is 1. The first-order valence-electron chi connectivity index (χ1n) is 12.7. The smallest absolute Gasteiger partial charge is 0.248 e. The molecule has 4 aromatic carbocycles. The van der Waals surface area contributed by atoms with Crippen molar-refractivity contribution in [1.29, 1.82) is 0 Å². The summed E-state index contributed by atoms with van der Waals surface area (Å²) in [4.78, 5) is 12.9. The monoisotopic (exact) mass is 489 g/mol. The van der Waals surface area contributed by atoms with Crippen LogP contribution in [0, 0.1) is 0 Å². The molecule has 0 aliphatic heterocycles. The Labute approximate surface area is 217 Å². The Morgan fingerprint density at radius 1 is 0.973 bits per heavy atom. The highest BCUT2D eigenvalue weighted by atomic mass is 16.5. The van der Waals surface area contributed by atoms with Crippen LogP contribution in [0.3, 0.4) is 0 Å². The lowest BCUT2D eigenvalue weighted by Gasteiger charge is -2.12. The molecule has 0 unspecified atom stereocenters. The van der Waals surface area contributed by atoms with Crippen LogP contribution in [-0.4, -0.2) is 12.5 Å². The number of carbonyl (C=O) groups is 1. The molecule has 4 heteroatoms. The van der Waals surface area contributed by atoms with E-state index in [1.54, 1.807) is 12.3 Å². The van der Waals surface area contributed by atoms with Crippen molar-refractivity contribution >= 4 is 38.9 Å². The van der Waals surface area contributed by atoms with E-state index in [1.165, 1.54) is 16.3 Å². The molecular formula is C33H31NO3. The molecular weight excluding hydrogens is 458 g/mol. The molecule has 5 rings (SSSR count). The van der Waals surface area contributed by atoms with E-state index >= 15 is 0 Å². The maximum atomic E-state index is 12.9. The second kappa shape index (κ2) is 10.4. The quantitative estimate of drug-likeness (QED) is 0.232. The van der Waals surface area contributed by atoms with E-state index < -0.39 is 0 Å². The zero-order valence-corrected chi connectivity index (χ0v) is 21.7. The Morgan fingerprint density at radius 3 is 2.46 bits per heavy atom. The van der Waals surface area contributed by atoms with Gasteiger partial charge >= 0.3 is 0 Å². The third kappa shape index (κ3) is 5.14. The highest BCUT2D eigenvalue weighted by molar-refractivity contribution is 6.05. The summed E-state index contributed by atoms with van der Waals surface area (Å²) in [6.07, 6.45) is 3.41. The number of hydrogen-bond donors (Lipinski definition) is 1. The molecule has 0 radical (unpaired) electrons. The Balaban J connectivity index is 1.49. The van der Waals surface area contributed by atoms with Crippen LogP contribution in [0.4, 0.5) is 5.69 Å². The van der Waals surface area contributed by atoms with Gasteiger partial charge in [-0.15, -0.1) is 0 Å². The predicted octanol–water partition coefficient (Wildman–Crippen LogP) is 8.82. The number of hydrogen-bond acceptors (Lipinski definition) is 3. The van der Waals surface area contributed by atoms with Crippen molar-refractivity contribution in [1.82, 2.24) is 0 Å². The van der Waals surface area contributed by atoms with E-state index in [1.807, 2.05) is 56.3 Å². The van der Waals surface area contributed by atoms with Crippen molar-refractivity contribution in [2.75, 3.05) is 11.9 Å². The number of nitrogens with one attached hydrogen (secondary N) is 1. The topological polar surface area (TPSA) is 51.5 Å². The van der Waals surface area contributed by atoms with Crippen LogP contribution >= 0.6 is 0 Å². The van der Waals surface area contributed by atoms with Crippen molar-refractivity contribution in [3.8, 4) is 16.9 Å². The van der Waals surface area contributed by atoms with Crippen LogP contribution in [0.25, 0.3) is 38.4 Å². The molecule has 186 valence electrons. The standard InChI is InChI=1S/C33H31NO3/c1-5-36-31-19-32-29(30(20-37-32)26-11-10-24-8-6-7-9-25(24)17-26)18-28(31)22(4)16-33(35)34-27-14-12-23(13-15-27)21(2)3/h6-21H,5H2,1-4H3,(H,34,35)/b22-16+. The Bertz CT molecular complexity index is 1610. The minimum atomic E-state index is -0.181. The van der Waals surface area contributed by atoms with Gasteiger partial charge in [0, 0.05) is 34.3 Å². The van der Waals surface area contributed by atoms with Gasteiger partial charge in [-0.05, 0) is 71.5 Å². The van der Waals surface area contributed by atoms with Gasteiger partial charge < -0.3 is 14.5 Å². The zero-order valence-electron chi connectivity index (χ0n) is 21.7. The van der Waals surface area contributed by atoms with Crippen molar-refractivity contribution in [2.24, 2.45) is 0 Å². The van der Waals surface area contributed by atoms with Crippen molar-refractivity contribution < 1.29 is 13.9 Å². The Hall–Kier alpha value is -4.31. The normalized spacial score (nSPS) is 11.9. The number of fused-ring (bicyclic) bond motifs is 2. The van der Waals surface area contributed by atoms with Gasteiger partial charge in [-0.25, -0.2) is 0 Å². The molecule has 0 fully saturated rings. The lowest BCUT2D eigenvalue weighted by molar-refractivity contribution is -0.111. The molecule has 0 saturated heterocycles. The summed E-state index contributed by atoms with van der Waals surface area (Å²) < 4.78 is 11.9. The van der Waals surface area contributed by atoms with Crippen LogP contribution in [-0.2, 0) is 4.79 Å². The highest BCUT2D eigenvalue weighted by Crippen LogP contribution is 2.38. The lowest BCUT2D eigenvalue weighted by atomic mass is 9.97. The summed E-state index contributed by atoms with van der Waals surface area (Å²) in [6.45, 7) is 8.69. The fourth-order valence-corrected chi connectivity index (χ4v) is 4.62. The lowest BCUT2D eigenvalue weighted by Crippen LogP contribution is -2.09. The summed E-state index contributed by atoms with van der Waals surface area (Å²) in [5.41, 5.74) is 6.52. The Morgan fingerprint density at radius 2 is 1.73 bits per heavy atom. The average Bonchev–Trinajstić information content (AvgIpc) is 3.31. The third-order valence-electron chi connectivity index (χ3n) is 6.65. The summed E-state index contributed by atoms with van der Waals surface area (Å²) >= 11 is 0. The molecule has 5 aromatic rings. The molecule has 0 saturated carbocycles. The summed E-state index contributed by atoms with van der Waals surface area (Å²) in [5.74, 6) is 0.956. The van der Waals surface area contributed by atoms with Gasteiger partial charge in [0.2, 0.25) is 5.91 Å². The van der Waals surface area contributed by atoms with Crippen LogP contribution in [0.2, 0.25) is 0 Å². The molecule has 1 amide bonds. The minimum Gasteiger partial charge on any atom is -0.493 e. The number of benzene rings is 4. The molecule has 1 aromatic heterocycles. The van der Waals surface area contributed by atoms with Crippen molar-refractivity contribution in [3.63, 3.8) is 0 Å². The fraction of sp³-hybridized carbons (Fsp3) is 0.182. The van der Waals surface area contributed by atoms with E-state index in [9.17, 15) is 4.79 Å². The second-order valence-corrected chi connectivity index (χ2v) is 9.58. The van der Waals surface area contributed by atoms with E-state index in [4.69, 9.17) is 9.15 Å². The molecule has 37 heavy (non-hydrogen) atoms. The summed E-state index contributed by atoms with van der Waals surface area (Å²) in [6, 6.07) is 26.7. The maximum absolute atomic E-state index is 12.9. The number of anilines is 1. The van der Waals surface area contributed by atoms with E-state index in [0.29, 0.717) is 18.3 Å². The van der Waals surface area contributed by atoms with Crippen LogP contribution in [0.5, 0.6) is 5.75 Å². The molecule has 0 spiro atoms. The number of carbonyl (C=O) groups excluding carboxylic acids is 1. The average molecular weight is 490 g/mol. The van der Waals surface area contributed by atoms with Gasteiger partial charge in [0.15, 0.2) is 0 Å². The van der Waals surface area contributed by atoms with Crippen molar-refractivity contribution in [2.45, 2.75) is 33.6 Å². The number of rotatable bonds is 7. The second-order valence-electron chi connectivity index (χ2n) is 9.58. The minimum absolute atomic E-state index is 0.181. The molecule has 0 aliphatic carbocycles. The van der Waals surface area contributed by atoms with Crippen LogP contribution in [0.15, 0.2) is 95.6 Å². The molecule has 1 N–H and O–H groups in total. The van der Waals surface area contributed by atoms with E-state index in [-0.39, 0.29) is 5.91 Å². The van der Waals surface area contributed by atoms with Crippen molar-refractivity contribution in [3.05, 3.63) is 102 Å². The largest absolute Gasteiger partial charge is 0.493 e. The van der Waals surface area contributed by atoms with E-state index in [0.717, 1.165) is 38.9 Å². The van der Waals surface area contributed by atoms with Gasteiger partial charge in [0.25, 0.3) is 0 Å². The molecule has 0 aliphatic rings. The van der Waals surface area contributed by atoms with Gasteiger partial charge in [-0.1, -0.05) is 62.4 Å². The van der Waals surface area contributed by atoms with Crippen LogP contribution in [0.1, 0.15) is 44.7 Å². The summed E-state index contributed by atoms with van der Waals surface area (Å²) in [7, 11) is 0. The molecule has 0 bridgehead atoms. The zero-order chi connectivity index (χ0) is 25.9. The third-order valence-corrected chi connectivity index (χ3v) is 6.65. The first kappa shape index (κ1) is 24.4. The maximum Gasteiger partial charge on any atom is 0.248 e. The first-order valence-corrected chi connectivity index (χ1v) is 12.7. The van der Waals surface area contributed by atoms with Gasteiger partial charge in [-0.2, -0.15) is 0 Å². The highest BCUT2D eigenvalue weighted by Gasteiger charge is 2.16. The molecule has 0 atom stereocenters. The number of furan rings is 1. The van der Waals surface area contributed by atoms with Crippen LogP contribution < -0.4 is 10.1 Å². The van der Waals surface area contributed by atoms with Gasteiger partial charge in [0.1, 0.15) is 11.3 Å². The fourth-order valence-electron chi connectivity index (χ4n) is 4.62. The van der Waals surface area contributed by atoms with E-state index in [2.05, 4.69) is 55.6 Å². The van der Waals surface area contributed by atoms with Gasteiger partial charge in [0.05, 0.1) is 12.9 Å². The SMILES string of the molecule is CCOc1cc2occ(-c3ccc4ccccc4c3)c2cc1/C(C)=C/C(=O)Nc1ccc(C(C)C)cc1. The molecule has 1 heterocycles.